The number of rotatable bonds is 5. The molecule has 2 atom stereocenters. The van der Waals surface area contributed by atoms with Gasteiger partial charge in [0.15, 0.2) is 0 Å². The molecular weight excluding hydrogens is 194 g/mol. The Balaban J connectivity index is 2.70. The van der Waals surface area contributed by atoms with Gasteiger partial charge in [-0.05, 0) is 24.1 Å². The molecule has 0 heterocycles. The van der Waals surface area contributed by atoms with E-state index in [0.29, 0.717) is 12.1 Å². The summed E-state index contributed by atoms with van der Waals surface area (Å²) in [4.78, 5) is 0. The van der Waals surface area contributed by atoms with Crippen molar-refractivity contribution in [3.05, 3.63) is 35.4 Å². The van der Waals surface area contributed by atoms with Crippen LogP contribution in [0.5, 0.6) is 0 Å². The number of aliphatic hydroxyl groups is 3. The highest BCUT2D eigenvalue weighted by atomic mass is 16.4. The van der Waals surface area contributed by atoms with Gasteiger partial charge in [0.2, 0.25) is 0 Å². The van der Waals surface area contributed by atoms with Gasteiger partial charge in [0.1, 0.15) is 12.2 Å². The van der Waals surface area contributed by atoms with Crippen LogP contribution in [0.3, 0.4) is 0 Å². The molecule has 84 valence electrons. The lowest BCUT2D eigenvalue weighted by atomic mass is 10.0. The van der Waals surface area contributed by atoms with Gasteiger partial charge in [0.05, 0.1) is 6.61 Å². The minimum atomic E-state index is -1.13. The average Bonchev–Trinajstić information content (AvgIpc) is 2.28. The molecule has 5 N–H and O–H groups in total. The topological polar surface area (TPSA) is 86.7 Å². The molecule has 0 fully saturated rings. The zero-order chi connectivity index (χ0) is 11.3. The smallest absolute Gasteiger partial charge is 0.107 e. The van der Waals surface area contributed by atoms with Crippen molar-refractivity contribution in [2.24, 2.45) is 5.73 Å². The van der Waals surface area contributed by atoms with E-state index < -0.39 is 18.8 Å². The van der Waals surface area contributed by atoms with Gasteiger partial charge in [-0.1, -0.05) is 24.3 Å². The molecule has 0 aliphatic carbocycles. The van der Waals surface area contributed by atoms with Crippen LogP contribution in [0.25, 0.3) is 0 Å². The first-order chi connectivity index (χ1) is 7.19. The fourth-order valence-electron chi connectivity index (χ4n) is 1.37. The molecule has 0 aliphatic rings. The molecule has 0 aromatic heterocycles. The molecule has 0 saturated carbocycles. The summed E-state index contributed by atoms with van der Waals surface area (Å²) < 4.78 is 0. The third-order valence-electron chi connectivity index (χ3n) is 2.31. The first-order valence-electron chi connectivity index (χ1n) is 4.95. The van der Waals surface area contributed by atoms with Crippen molar-refractivity contribution in [1.29, 1.82) is 0 Å². The first-order valence-corrected chi connectivity index (χ1v) is 4.95. The number of hydrogen-bond acceptors (Lipinski definition) is 4. The zero-order valence-corrected chi connectivity index (χ0v) is 8.50. The highest BCUT2D eigenvalue weighted by molar-refractivity contribution is 5.25. The second-order valence-electron chi connectivity index (χ2n) is 3.48. The molecule has 15 heavy (non-hydrogen) atoms. The van der Waals surface area contributed by atoms with Crippen LogP contribution in [-0.4, -0.2) is 34.6 Å². The van der Waals surface area contributed by atoms with Gasteiger partial charge < -0.3 is 21.1 Å². The molecule has 0 bridgehead atoms. The third-order valence-corrected chi connectivity index (χ3v) is 2.31. The van der Waals surface area contributed by atoms with E-state index in [0.717, 1.165) is 12.0 Å². The molecule has 0 aliphatic heterocycles. The summed E-state index contributed by atoms with van der Waals surface area (Å²) in [5.74, 6) is 0. The van der Waals surface area contributed by atoms with Crippen molar-refractivity contribution in [2.45, 2.75) is 18.6 Å². The van der Waals surface area contributed by atoms with Gasteiger partial charge in [0, 0.05) is 0 Å². The number of aliphatic hydroxyl groups excluding tert-OH is 3. The Hall–Kier alpha value is -0.940. The normalized spacial score (nSPS) is 14.9. The summed E-state index contributed by atoms with van der Waals surface area (Å²) in [7, 11) is 0. The SMILES string of the molecule is NCCc1ccc(C(O)C(O)CO)cc1. The van der Waals surface area contributed by atoms with E-state index in [1.807, 2.05) is 12.1 Å². The van der Waals surface area contributed by atoms with Crippen LogP contribution in [0.1, 0.15) is 17.2 Å². The largest absolute Gasteiger partial charge is 0.394 e. The van der Waals surface area contributed by atoms with E-state index in [1.165, 1.54) is 0 Å². The maximum atomic E-state index is 9.58. The summed E-state index contributed by atoms with van der Waals surface area (Å²) in [6.07, 6.45) is -1.38. The van der Waals surface area contributed by atoms with Gasteiger partial charge >= 0.3 is 0 Å². The second kappa shape index (κ2) is 5.82. The van der Waals surface area contributed by atoms with Gasteiger partial charge in [-0.25, -0.2) is 0 Å². The molecule has 1 aromatic carbocycles. The molecule has 4 nitrogen and oxygen atoms in total. The first kappa shape index (κ1) is 12.1. The van der Waals surface area contributed by atoms with Gasteiger partial charge in [-0.2, -0.15) is 0 Å². The summed E-state index contributed by atoms with van der Waals surface area (Å²) in [6.45, 7) is 0.132. The van der Waals surface area contributed by atoms with Crippen LogP contribution < -0.4 is 5.73 Å². The summed E-state index contributed by atoms with van der Waals surface area (Å²) in [5, 5.41) is 27.5. The Kier molecular flexibility index (Phi) is 4.71. The molecule has 0 spiro atoms. The Bertz CT molecular complexity index is 286. The minimum absolute atomic E-state index is 0.453. The van der Waals surface area contributed by atoms with Crippen molar-refractivity contribution < 1.29 is 15.3 Å². The van der Waals surface area contributed by atoms with Gasteiger partial charge in [-0.3, -0.25) is 0 Å². The van der Waals surface area contributed by atoms with E-state index in [1.54, 1.807) is 12.1 Å². The lowest BCUT2D eigenvalue weighted by molar-refractivity contribution is -0.0152. The summed E-state index contributed by atoms with van der Waals surface area (Å²) in [5.41, 5.74) is 7.09. The number of nitrogens with two attached hydrogens (primary N) is 1. The number of benzene rings is 1. The molecule has 0 amide bonds. The van der Waals surface area contributed by atoms with Crippen molar-refractivity contribution in [3.63, 3.8) is 0 Å². The van der Waals surface area contributed by atoms with Crippen molar-refractivity contribution >= 4 is 0 Å². The molecule has 0 radical (unpaired) electrons. The summed E-state index contributed by atoms with van der Waals surface area (Å²) >= 11 is 0. The minimum Gasteiger partial charge on any atom is -0.394 e. The van der Waals surface area contributed by atoms with Gasteiger partial charge in [0.25, 0.3) is 0 Å². The maximum absolute atomic E-state index is 9.58. The van der Waals surface area contributed by atoms with Crippen molar-refractivity contribution in [1.82, 2.24) is 0 Å². The molecule has 1 aromatic rings. The van der Waals surface area contributed by atoms with Crippen LogP contribution in [0, 0.1) is 0 Å². The summed E-state index contributed by atoms with van der Waals surface area (Å²) in [6, 6.07) is 7.17. The Labute approximate surface area is 89.0 Å². The fourth-order valence-corrected chi connectivity index (χ4v) is 1.37. The highest BCUT2D eigenvalue weighted by Gasteiger charge is 2.16. The monoisotopic (exact) mass is 211 g/mol. The molecule has 2 unspecified atom stereocenters. The van der Waals surface area contributed by atoms with Crippen LogP contribution in [0.4, 0.5) is 0 Å². The Morgan fingerprint density at radius 3 is 2.20 bits per heavy atom. The van der Waals surface area contributed by atoms with Crippen molar-refractivity contribution in [2.75, 3.05) is 13.2 Å². The van der Waals surface area contributed by atoms with Crippen LogP contribution in [0.15, 0.2) is 24.3 Å². The van der Waals surface area contributed by atoms with E-state index in [4.69, 9.17) is 10.8 Å². The Morgan fingerprint density at radius 2 is 1.73 bits per heavy atom. The van der Waals surface area contributed by atoms with E-state index in [2.05, 4.69) is 0 Å². The van der Waals surface area contributed by atoms with Crippen molar-refractivity contribution in [3.8, 4) is 0 Å². The molecule has 4 heteroatoms. The molecule has 1 rings (SSSR count). The molecule has 0 saturated heterocycles. The quantitative estimate of drug-likeness (QED) is 0.532. The van der Waals surface area contributed by atoms with Gasteiger partial charge in [-0.15, -0.1) is 0 Å². The lowest BCUT2D eigenvalue weighted by Gasteiger charge is -2.16. The predicted molar refractivity (Wildman–Crippen MR) is 57.3 cm³/mol. The van der Waals surface area contributed by atoms with Crippen LogP contribution in [0.2, 0.25) is 0 Å². The third kappa shape index (κ3) is 3.28. The maximum Gasteiger partial charge on any atom is 0.107 e. The van der Waals surface area contributed by atoms with E-state index in [-0.39, 0.29) is 0 Å². The Morgan fingerprint density at radius 1 is 1.13 bits per heavy atom. The highest BCUT2D eigenvalue weighted by Crippen LogP contribution is 2.17. The second-order valence-corrected chi connectivity index (χ2v) is 3.48. The number of hydrogen-bond donors (Lipinski definition) is 4. The molecular formula is C11H17NO3. The fraction of sp³-hybridized carbons (Fsp3) is 0.455. The zero-order valence-electron chi connectivity index (χ0n) is 8.50. The average molecular weight is 211 g/mol. The van der Waals surface area contributed by atoms with Crippen LogP contribution in [-0.2, 0) is 6.42 Å². The van der Waals surface area contributed by atoms with Crippen LogP contribution >= 0.6 is 0 Å². The standard InChI is InChI=1S/C11H17NO3/c12-6-5-8-1-3-9(4-2-8)11(15)10(14)7-13/h1-4,10-11,13-15H,5-7,12H2. The van der Waals surface area contributed by atoms with E-state index >= 15 is 0 Å². The lowest BCUT2D eigenvalue weighted by Crippen LogP contribution is -2.21. The van der Waals surface area contributed by atoms with E-state index in [9.17, 15) is 10.2 Å². The predicted octanol–water partition coefficient (Wildman–Crippen LogP) is -0.426.